The summed E-state index contributed by atoms with van der Waals surface area (Å²) >= 11 is 1.61. The third-order valence-electron chi connectivity index (χ3n) is 5.75. The Morgan fingerprint density at radius 2 is 1.91 bits per heavy atom. The van der Waals surface area contributed by atoms with Gasteiger partial charge in [0, 0.05) is 35.1 Å². The van der Waals surface area contributed by atoms with Crippen molar-refractivity contribution in [3.8, 4) is 16.3 Å². The molecule has 0 saturated heterocycles. The van der Waals surface area contributed by atoms with Gasteiger partial charge in [-0.25, -0.2) is 9.97 Å². The topological polar surface area (TPSA) is 98.8 Å². The number of fused-ring (bicyclic) bond motifs is 1. The molecular weight excluding hydrogens is 444 g/mol. The summed E-state index contributed by atoms with van der Waals surface area (Å²) in [6.07, 6.45) is 3.35. The molecule has 0 unspecified atom stereocenters. The van der Waals surface area contributed by atoms with Crippen molar-refractivity contribution in [2.24, 2.45) is 0 Å². The highest BCUT2D eigenvalue weighted by Crippen LogP contribution is 2.29. The maximum atomic E-state index is 6.06. The van der Waals surface area contributed by atoms with Gasteiger partial charge in [0.2, 0.25) is 0 Å². The molecule has 34 heavy (non-hydrogen) atoms. The first-order valence-electron chi connectivity index (χ1n) is 10.9. The van der Waals surface area contributed by atoms with Crippen LogP contribution < -0.4 is 15.8 Å². The molecule has 0 aliphatic carbocycles. The summed E-state index contributed by atoms with van der Waals surface area (Å²) in [5, 5.41) is 16.7. The Hall–Kier alpha value is -4.04. The first kappa shape index (κ1) is 21.8. The minimum Gasteiger partial charge on any atom is -0.485 e. The number of nitrogens with zero attached hydrogens (tertiary/aromatic N) is 4. The molecule has 7 nitrogen and oxygen atoms in total. The molecular formula is C26H24N6OS. The van der Waals surface area contributed by atoms with E-state index in [0.29, 0.717) is 30.5 Å². The van der Waals surface area contributed by atoms with Crippen LogP contribution in [-0.4, -0.2) is 20.2 Å². The zero-order valence-corrected chi connectivity index (χ0v) is 19.8. The van der Waals surface area contributed by atoms with Gasteiger partial charge >= 0.3 is 0 Å². The number of rotatable bonds is 7. The molecule has 0 bridgehead atoms. The normalized spacial score (nSPS) is 11.0. The lowest BCUT2D eigenvalue weighted by Gasteiger charge is -2.15. The predicted molar refractivity (Wildman–Crippen MR) is 137 cm³/mol. The van der Waals surface area contributed by atoms with Crippen LogP contribution >= 0.6 is 11.3 Å². The highest BCUT2D eigenvalue weighted by atomic mass is 32.1. The van der Waals surface area contributed by atoms with Crippen molar-refractivity contribution in [3.05, 3.63) is 88.7 Å². The SMILES string of the molecule is Cc1cc2c(N)nccc2c(C)c1CNc1cc(OCc2csc(-c3ccccc3)n2)cnn1. The van der Waals surface area contributed by atoms with Crippen LogP contribution in [0, 0.1) is 13.8 Å². The molecule has 0 fully saturated rings. The summed E-state index contributed by atoms with van der Waals surface area (Å²) in [4.78, 5) is 8.88. The molecule has 2 aromatic carbocycles. The smallest absolute Gasteiger partial charge is 0.152 e. The maximum Gasteiger partial charge on any atom is 0.152 e. The number of thiazole rings is 1. The van der Waals surface area contributed by atoms with Gasteiger partial charge in [-0.2, -0.15) is 5.10 Å². The minimum atomic E-state index is 0.368. The third kappa shape index (κ3) is 4.53. The van der Waals surface area contributed by atoms with Gasteiger partial charge in [0.05, 0.1) is 11.9 Å². The summed E-state index contributed by atoms with van der Waals surface area (Å²) in [5.74, 6) is 1.83. The van der Waals surface area contributed by atoms with E-state index >= 15 is 0 Å². The molecule has 0 saturated carbocycles. The van der Waals surface area contributed by atoms with Gasteiger partial charge in [0.25, 0.3) is 0 Å². The zero-order valence-electron chi connectivity index (χ0n) is 18.9. The second kappa shape index (κ2) is 9.44. The van der Waals surface area contributed by atoms with Gasteiger partial charge in [0.15, 0.2) is 5.82 Å². The van der Waals surface area contributed by atoms with Crippen molar-refractivity contribution < 1.29 is 4.74 Å². The number of hydrogen-bond acceptors (Lipinski definition) is 8. The molecule has 170 valence electrons. The van der Waals surface area contributed by atoms with Gasteiger partial charge in [-0.15, -0.1) is 16.4 Å². The van der Waals surface area contributed by atoms with E-state index in [1.54, 1.807) is 23.7 Å². The van der Waals surface area contributed by atoms with Crippen molar-refractivity contribution in [3.63, 3.8) is 0 Å². The zero-order chi connectivity index (χ0) is 23.5. The summed E-state index contributed by atoms with van der Waals surface area (Å²) in [6, 6.07) is 16.1. The summed E-state index contributed by atoms with van der Waals surface area (Å²) in [5.41, 5.74) is 11.6. The molecule has 3 aromatic heterocycles. The number of nitrogen functional groups attached to an aromatic ring is 1. The number of hydrogen-bond donors (Lipinski definition) is 2. The Kier molecular flexibility index (Phi) is 6.05. The van der Waals surface area contributed by atoms with Crippen molar-refractivity contribution in [1.29, 1.82) is 0 Å². The van der Waals surface area contributed by atoms with Crippen LogP contribution in [0.5, 0.6) is 5.75 Å². The van der Waals surface area contributed by atoms with E-state index in [1.807, 2.05) is 35.7 Å². The Balaban J connectivity index is 1.26. The largest absolute Gasteiger partial charge is 0.485 e. The highest BCUT2D eigenvalue weighted by Gasteiger charge is 2.11. The number of aromatic nitrogens is 4. The summed E-state index contributed by atoms with van der Waals surface area (Å²) in [6.45, 7) is 5.17. The quantitative estimate of drug-likeness (QED) is 0.324. The Bertz CT molecular complexity index is 1450. The van der Waals surface area contributed by atoms with Crippen LogP contribution in [0.2, 0.25) is 0 Å². The molecule has 0 aliphatic rings. The third-order valence-corrected chi connectivity index (χ3v) is 6.69. The minimum absolute atomic E-state index is 0.368. The molecule has 3 N–H and O–H groups in total. The molecule has 5 rings (SSSR count). The average Bonchev–Trinajstić information content (AvgIpc) is 3.33. The summed E-state index contributed by atoms with van der Waals surface area (Å²) in [7, 11) is 0. The van der Waals surface area contributed by atoms with Crippen LogP contribution in [0.1, 0.15) is 22.4 Å². The Morgan fingerprint density at radius 1 is 1.06 bits per heavy atom. The number of aryl methyl sites for hydroxylation is 2. The highest BCUT2D eigenvalue weighted by molar-refractivity contribution is 7.13. The Morgan fingerprint density at radius 3 is 2.76 bits per heavy atom. The van der Waals surface area contributed by atoms with Crippen molar-refractivity contribution in [1.82, 2.24) is 20.2 Å². The first-order valence-corrected chi connectivity index (χ1v) is 11.8. The average molecular weight is 469 g/mol. The summed E-state index contributed by atoms with van der Waals surface area (Å²) < 4.78 is 5.93. The van der Waals surface area contributed by atoms with Crippen LogP contribution in [0.25, 0.3) is 21.3 Å². The van der Waals surface area contributed by atoms with Crippen molar-refractivity contribution in [2.45, 2.75) is 27.0 Å². The standard InChI is InChI=1S/C26H24N6OS/c1-16-10-22-21(8-9-28-25(22)27)17(2)23(16)13-29-24-11-20(12-30-32-24)33-14-19-15-34-26(31-19)18-6-4-3-5-7-18/h3-12,15H,13-14H2,1-2H3,(H2,27,28)(H,29,32). The van der Waals surface area contributed by atoms with Crippen LogP contribution in [0.4, 0.5) is 11.6 Å². The van der Waals surface area contributed by atoms with E-state index in [1.165, 1.54) is 11.1 Å². The van der Waals surface area contributed by atoms with Gasteiger partial charge in [-0.05, 0) is 48.1 Å². The number of nitrogens with two attached hydrogens (primary N) is 1. The molecule has 0 spiro atoms. The molecule has 5 aromatic rings. The second-order valence-electron chi connectivity index (χ2n) is 8.02. The fraction of sp³-hybridized carbons (Fsp3) is 0.154. The van der Waals surface area contributed by atoms with E-state index in [-0.39, 0.29) is 0 Å². The molecule has 0 radical (unpaired) electrons. The van der Waals surface area contributed by atoms with Gasteiger partial charge in [0.1, 0.15) is 23.2 Å². The van der Waals surface area contributed by atoms with E-state index in [2.05, 4.69) is 57.5 Å². The van der Waals surface area contributed by atoms with Gasteiger partial charge in [-0.1, -0.05) is 30.3 Å². The van der Waals surface area contributed by atoms with Crippen LogP contribution in [0.15, 0.2) is 66.3 Å². The van der Waals surface area contributed by atoms with Crippen molar-refractivity contribution >= 4 is 33.7 Å². The maximum absolute atomic E-state index is 6.06. The van der Waals surface area contributed by atoms with Crippen molar-refractivity contribution in [2.75, 3.05) is 11.1 Å². The fourth-order valence-electron chi connectivity index (χ4n) is 3.94. The van der Waals surface area contributed by atoms with Crippen LogP contribution in [0.3, 0.4) is 0 Å². The Labute approximate surface area is 201 Å². The lowest BCUT2D eigenvalue weighted by molar-refractivity contribution is 0.300. The van der Waals surface area contributed by atoms with Gasteiger partial charge < -0.3 is 15.8 Å². The lowest BCUT2D eigenvalue weighted by atomic mass is 9.96. The number of benzene rings is 2. The molecule has 3 heterocycles. The van der Waals surface area contributed by atoms with E-state index in [9.17, 15) is 0 Å². The number of nitrogens with one attached hydrogen (secondary N) is 1. The van der Waals surface area contributed by atoms with E-state index in [4.69, 9.17) is 10.5 Å². The predicted octanol–water partition coefficient (Wildman–Crippen LogP) is 5.54. The number of pyridine rings is 1. The first-order chi connectivity index (χ1) is 16.6. The molecule has 0 atom stereocenters. The fourth-order valence-corrected chi connectivity index (χ4v) is 4.75. The van der Waals surface area contributed by atoms with E-state index in [0.717, 1.165) is 32.6 Å². The van der Waals surface area contributed by atoms with Gasteiger partial charge in [-0.3, -0.25) is 0 Å². The molecule has 8 heteroatoms. The monoisotopic (exact) mass is 468 g/mol. The molecule has 0 amide bonds. The molecule has 0 aliphatic heterocycles. The van der Waals surface area contributed by atoms with Crippen LogP contribution in [-0.2, 0) is 13.2 Å². The lowest BCUT2D eigenvalue weighted by Crippen LogP contribution is -2.07. The second-order valence-corrected chi connectivity index (χ2v) is 8.88. The number of ether oxygens (including phenoxy) is 1. The number of anilines is 2. The van der Waals surface area contributed by atoms with E-state index < -0.39 is 0 Å².